The molecule has 0 fully saturated rings. The van der Waals surface area contributed by atoms with Crippen LogP contribution in [0.15, 0.2) is 12.3 Å². The first-order valence-electron chi connectivity index (χ1n) is 7.53. The second-order valence-electron chi connectivity index (χ2n) is 5.05. The van der Waals surface area contributed by atoms with Gasteiger partial charge in [0.15, 0.2) is 0 Å². The second kappa shape index (κ2) is 10.1. The highest BCUT2D eigenvalue weighted by atomic mass is 15.3. The Morgan fingerprint density at radius 1 is 1.06 bits per heavy atom. The Morgan fingerprint density at radius 3 is 2.39 bits per heavy atom. The van der Waals surface area contributed by atoms with E-state index in [-0.39, 0.29) is 0 Å². The van der Waals surface area contributed by atoms with Gasteiger partial charge in [-0.2, -0.15) is 5.10 Å². The average molecular weight is 251 g/mol. The van der Waals surface area contributed by atoms with Crippen molar-refractivity contribution >= 4 is 0 Å². The molecule has 0 aromatic carbocycles. The number of nitrogens with zero attached hydrogens (tertiary/aromatic N) is 2. The molecule has 3 heteroatoms. The van der Waals surface area contributed by atoms with Crippen LogP contribution in [0.2, 0.25) is 0 Å². The first-order valence-corrected chi connectivity index (χ1v) is 7.53. The van der Waals surface area contributed by atoms with Gasteiger partial charge in [0, 0.05) is 19.3 Å². The van der Waals surface area contributed by atoms with Gasteiger partial charge < -0.3 is 5.32 Å². The lowest BCUT2D eigenvalue weighted by molar-refractivity contribution is 0.504. The van der Waals surface area contributed by atoms with Crippen LogP contribution >= 0.6 is 0 Å². The minimum absolute atomic E-state index is 0.914. The van der Waals surface area contributed by atoms with Crippen LogP contribution in [-0.4, -0.2) is 16.8 Å². The highest BCUT2D eigenvalue weighted by molar-refractivity contribution is 4.99. The number of hydrogen-bond acceptors (Lipinski definition) is 2. The van der Waals surface area contributed by atoms with Gasteiger partial charge in [-0.1, -0.05) is 51.9 Å². The van der Waals surface area contributed by atoms with Crippen LogP contribution in [0.25, 0.3) is 0 Å². The van der Waals surface area contributed by atoms with Crippen LogP contribution in [0, 0.1) is 0 Å². The number of aryl methyl sites for hydroxylation is 1. The molecule has 0 saturated heterocycles. The van der Waals surface area contributed by atoms with E-state index in [1.165, 1.54) is 57.1 Å². The molecule has 0 radical (unpaired) electrons. The lowest BCUT2D eigenvalue weighted by Gasteiger charge is -2.07. The molecule has 3 nitrogen and oxygen atoms in total. The smallest absolute Gasteiger partial charge is 0.0521 e. The zero-order valence-corrected chi connectivity index (χ0v) is 12.1. The van der Waals surface area contributed by atoms with E-state index in [1.807, 2.05) is 13.2 Å². The van der Waals surface area contributed by atoms with Crippen molar-refractivity contribution in [3.05, 3.63) is 18.0 Å². The molecule has 0 aliphatic carbocycles. The maximum atomic E-state index is 4.37. The quantitative estimate of drug-likeness (QED) is 0.607. The minimum Gasteiger partial charge on any atom is -0.314 e. The molecule has 1 heterocycles. The van der Waals surface area contributed by atoms with E-state index in [9.17, 15) is 0 Å². The van der Waals surface area contributed by atoms with Crippen LogP contribution in [0.3, 0.4) is 0 Å². The summed E-state index contributed by atoms with van der Waals surface area (Å²) in [7, 11) is 1.98. The van der Waals surface area contributed by atoms with Crippen molar-refractivity contribution in [3.63, 3.8) is 0 Å². The summed E-state index contributed by atoms with van der Waals surface area (Å²) < 4.78 is 2.13. The summed E-state index contributed by atoms with van der Waals surface area (Å²) in [5.41, 5.74) is 1.29. The van der Waals surface area contributed by atoms with E-state index in [2.05, 4.69) is 28.1 Å². The maximum absolute atomic E-state index is 4.37. The molecule has 0 bridgehead atoms. The topological polar surface area (TPSA) is 29.9 Å². The molecule has 1 N–H and O–H groups in total. The Balaban J connectivity index is 2.01. The summed E-state index contributed by atoms with van der Waals surface area (Å²) in [6.07, 6.45) is 12.9. The van der Waals surface area contributed by atoms with Gasteiger partial charge in [0.25, 0.3) is 0 Å². The monoisotopic (exact) mass is 251 g/mol. The Morgan fingerprint density at radius 2 is 1.72 bits per heavy atom. The Hall–Kier alpha value is -0.830. The van der Waals surface area contributed by atoms with Gasteiger partial charge in [-0.3, -0.25) is 4.68 Å². The van der Waals surface area contributed by atoms with Crippen LogP contribution < -0.4 is 5.32 Å². The van der Waals surface area contributed by atoms with E-state index in [1.54, 1.807) is 0 Å². The number of hydrogen-bond donors (Lipinski definition) is 1. The normalized spacial score (nSPS) is 11.0. The molecule has 104 valence electrons. The predicted molar refractivity (Wildman–Crippen MR) is 77.6 cm³/mol. The van der Waals surface area contributed by atoms with Crippen LogP contribution in [0.1, 0.15) is 64.0 Å². The molecule has 0 amide bonds. The number of aromatic nitrogens is 2. The largest absolute Gasteiger partial charge is 0.314 e. The summed E-state index contributed by atoms with van der Waals surface area (Å²) in [5, 5.41) is 7.55. The standard InChI is InChI=1S/C15H29N3/c1-3-4-5-6-7-8-9-10-13-18-15(14-16-2)11-12-17-18/h11-12,16H,3-10,13-14H2,1-2H3. The van der Waals surface area contributed by atoms with Crippen LogP contribution in [0.5, 0.6) is 0 Å². The third-order valence-electron chi connectivity index (χ3n) is 3.39. The van der Waals surface area contributed by atoms with Crippen LogP contribution in [-0.2, 0) is 13.1 Å². The van der Waals surface area contributed by atoms with Crippen molar-refractivity contribution in [3.8, 4) is 0 Å². The summed E-state index contributed by atoms with van der Waals surface area (Å²) in [6, 6.07) is 2.10. The molecular formula is C15H29N3. The fraction of sp³-hybridized carbons (Fsp3) is 0.800. The fourth-order valence-corrected chi connectivity index (χ4v) is 2.29. The Kier molecular flexibility index (Phi) is 8.57. The predicted octanol–water partition coefficient (Wildman–Crippen LogP) is 3.74. The van der Waals surface area contributed by atoms with Crippen LogP contribution in [0.4, 0.5) is 0 Å². The van der Waals surface area contributed by atoms with E-state index in [4.69, 9.17) is 0 Å². The zero-order valence-electron chi connectivity index (χ0n) is 12.1. The Bertz CT molecular complexity index is 294. The molecule has 0 atom stereocenters. The highest BCUT2D eigenvalue weighted by Crippen LogP contribution is 2.09. The lowest BCUT2D eigenvalue weighted by Crippen LogP contribution is -2.12. The minimum atomic E-state index is 0.914. The molecule has 0 saturated carbocycles. The molecule has 0 aliphatic rings. The van der Waals surface area contributed by atoms with Gasteiger partial charge in [-0.05, 0) is 19.5 Å². The molecular weight excluding hydrogens is 222 g/mol. The van der Waals surface area contributed by atoms with E-state index in [0.717, 1.165) is 13.1 Å². The molecule has 18 heavy (non-hydrogen) atoms. The van der Waals surface area contributed by atoms with E-state index < -0.39 is 0 Å². The van der Waals surface area contributed by atoms with Crippen molar-refractivity contribution in [2.45, 2.75) is 71.4 Å². The lowest BCUT2D eigenvalue weighted by atomic mass is 10.1. The second-order valence-corrected chi connectivity index (χ2v) is 5.05. The van der Waals surface area contributed by atoms with Gasteiger partial charge >= 0.3 is 0 Å². The van der Waals surface area contributed by atoms with E-state index in [0.29, 0.717) is 0 Å². The van der Waals surface area contributed by atoms with Gasteiger partial charge in [-0.15, -0.1) is 0 Å². The average Bonchev–Trinajstić information content (AvgIpc) is 2.81. The molecule has 0 unspecified atom stereocenters. The molecule has 0 spiro atoms. The summed E-state index contributed by atoms with van der Waals surface area (Å²) in [5.74, 6) is 0. The van der Waals surface area contributed by atoms with Gasteiger partial charge in [0.2, 0.25) is 0 Å². The summed E-state index contributed by atoms with van der Waals surface area (Å²) in [4.78, 5) is 0. The molecule has 1 aromatic heterocycles. The summed E-state index contributed by atoms with van der Waals surface area (Å²) in [6.45, 7) is 4.25. The number of nitrogens with one attached hydrogen (secondary N) is 1. The first kappa shape index (κ1) is 15.2. The SMILES string of the molecule is CCCCCCCCCCn1nccc1CNC. The van der Waals surface area contributed by atoms with Crippen molar-refractivity contribution in [2.24, 2.45) is 0 Å². The molecule has 1 rings (SSSR count). The highest BCUT2D eigenvalue weighted by Gasteiger charge is 2.00. The summed E-state index contributed by atoms with van der Waals surface area (Å²) >= 11 is 0. The number of unbranched alkanes of at least 4 members (excludes halogenated alkanes) is 7. The van der Waals surface area contributed by atoms with Gasteiger partial charge in [0.05, 0.1) is 5.69 Å². The van der Waals surface area contributed by atoms with Crippen molar-refractivity contribution in [1.29, 1.82) is 0 Å². The third kappa shape index (κ3) is 6.20. The molecule has 0 aliphatic heterocycles. The van der Waals surface area contributed by atoms with Crippen molar-refractivity contribution < 1.29 is 0 Å². The third-order valence-corrected chi connectivity index (χ3v) is 3.39. The van der Waals surface area contributed by atoms with Crippen molar-refractivity contribution in [2.75, 3.05) is 7.05 Å². The van der Waals surface area contributed by atoms with Gasteiger partial charge in [-0.25, -0.2) is 0 Å². The fourth-order valence-electron chi connectivity index (χ4n) is 2.29. The maximum Gasteiger partial charge on any atom is 0.0521 e. The number of rotatable bonds is 11. The van der Waals surface area contributed by atoms with Gasteiger partial charge in [0.1, 0.15) is 0 Å². The van der Waals surface area contributed by atoms with E-state index >= 15 is 0 Å². The molecule has 1 aromatic rings. The van der Waals surface area contributed by atoms with Crippen molar-refractivity contribution in [1.82, 2.24) is 15.1 Å². The zero-order chi connectivity index (χ0) is 13.1. The Labute approximate surface area is 112 Å². The first-order chi connectivity index (χ1) is 8.88.